The van der Waals surface area contributed by atoms with Crippen LogP contribution in [0.25, 0.3) is 0 Å². The van der Waals surface area contributed by atoms with Crippen molar-refractivity contribution in [2.24, 2.45) is 5.84 Å². The third-order valence-electron chi connectivity index (χ3n) is 2.51. The first-order chi connectivity index (χ1) is 9.11. The van der Waals surface area contributed by atoms with Crippen molar-refractivity contribution in [2.75, 3.05) is 17.3 Å². The van der Waals surface area contributed by atoms with E-state index in [1.54, 1.807) is 6.20 Å². The summed E-state index contributed by atoms with van der Waals surface area (Å²) < 4.78 is 26.7. The number of halogens is 2. The van der Waals surface area contributed by atoms with Crippen LogP contribution in [0.15, 0.2) is 17.6 Å². The molecule has 0 aliphatic heterocycles. The Kier molecular flexibility index (Phi) is 4.23. The van der Waals surface area contributed by atoms with Crippen molar-refractivity contribution in [3.63, 3.8) is 0 Å². The maximum atomic E-state index is 13.5. The van der Waals surface area contributed by atoms with Gasteiger partial charge in [0.25, 0.3) is 0 Å². The molecule has 8 heteroatoms. The van der Waals surface area contributed by atoms with Crippen molar-refractivity contribution in [3.8, 4) is 0 Å². The number of nitrogens with two attached hydrogens (primary N) is 1. The van der Waals surface area contributed by atoms with Crippen molar-refractivity contribution >= 4 is 23.0 Å². The number of rotatable bonds is 5. The Labute approximate surface area is 112 Å². The lowest BCUT2D eigenvalue weighted by molar-refractivity contribution is 0.577. The van der Waals surface area contributed by atoms with E-state index in [1.807, 2.05) is 12.3 Å². The van der Waals surface area contributed by atoms with Crippen LogP contribution in [0.4, 0.5) is 20.4 Å². The Morgan fingerprint density at radius 2 is 2.11 bits per heavy atom. The zero-order chi connectivity index (χ0) is 13.8. The van der Waals surface area contributed by atoms with Gasteiger partial charge in [-0.15, -0.1) is 11.3 Å². The van der Waals surface area contributed by atoms with Crippen LogP contribution in [0.5, 0.6) is 0 Å². The molecule has 19 heavy (non-hydrogen) atoms. The number of thiazole rings is 1. The normalized spacial score (nSPS) is 12.2. The molecule has 0 radical (unpaired) electrons. The van der Waals surface area contributed by atoms with Crippen LogP contribution in [0.1, 0.15) is 17.8 Å². The molecule has 0 amide bonds. The van der Waals surface area contributed by atoms with Crippen molar-refractivity contribution in [1.29, 1.82) is 0 Å². The van der Waals surface area contributed by atoms with Crippen molar-refractivity contribution < 1.29 is 8.78 Å². The molecule has 5 nitrogen and oxygen atoms in total. The van der Waals surface area contributed by atoms with Gasteiger partial charge < -0.3 is 10.7 Å². The summed E-state index contributed by atoms with van der Waals surface area (Å²) in [7, 11) is 0. The number of nitrogens with zero attached hydrogens (tertiary/aromatic N) is 2. The van der Waals surface area contributed by atoms with E-state index in [1.165, 1.54) is 11.3 Å². The molecular weight excluding hydrogens is 272 g/mol. The minimum atomic E-state index is -0.835. The first kappa shape index (κ1) is 13.6. The Morgan fingerprint density at radius 1 is 1.37 bits per heavy atom. The SMILES string of the molecule is CC(CNc1nc(NN)c(F)cc1F)c1nccs1. The van der Waals surface area contributed by atoms with Crippen LogP contribution in [-0.4, -0.2) is 16.5 Å². The average Bonchev–Trinajstić information content (AvgIpc) is 2.91. The van der Waals surface area contributed by atoms with Crippen molar-refractivity contribution in [2.45, 2.75) is 12.8 Å². The fraction of sp³-hybridized carbons (Fsp3) is 0.273. The highest BCUT2D eigenvalue weighted by molar-refractivity contribution is 7.09. The molecule has 0 aliphatic rings. The van der Waals surface area contributed by atoms with Gasteiger partial charge >= 0.3 is 0 Å². The third kappa shape index (κ3) is 3.15. The topological polar surface area (TPSA) is 75.9 Å². The predicted molar refractivity (Wildman–Crippen MR) is 71.0 cm³/mol. The van der Waals surface area contributed by atoms with Gasteiger partial charge in [0.05, 0.1) is 5.01 Å². The van der Waals surface area contributed by atoms with E-state index >= 15 is 0 Å². The molecule has 1 unspecified atom stereocenters. The Balaban J connectivity index is 2.07. The summed E-state index contributed by atoms with van der Waals surface area (Å²) in [5.41, 5.74) is 2.07. The van der Waals surface area contributed by atoms with E-state index in [2.05, 4.69) is 20.7 Å². The van der Waals surface area contributed by atoms with Gasteiger partial charge in [0.1, 0.15) is 0 Å². The van der Waals surface area contributed by atoms with Gasteiger partial charge in [0.2, 0.25) is 0 Å². The van der Waals surface area contributed by atoms with Crippen LogP contribution in [0, 0.1) is 11.6 Å². The Bertz CT molecular complexity index is 546. The molecular formula is C11H13F2N5S. The summed E-state index contributed by atoms with van der Waals surface area (Å²) in [4.78, 5) is 7.90. The highest BCUT2D eigenvalue weighted by Gasteiger charge is 2.13. The molecule has 102 valence electrons. The second kappa shape index (κ2) is 5.89. The van der Waals surface area contributed by atoms with Gasteiger partial charge in [-0.1, -0.05) is 6.92 Å². The molecule has 0 fully saturated rings. The van der Waals surface area contributed by atoms with Crippen LogP contribution >= 0.6 is 11.3 Å². The number of nitrogens with one attached hydrogen (secondary N) is 2. The summed E-state index contributed by atoms with van der Waals surface area (Å²) in [5.74, 6) is 3.35. The lowest BCUT2D eigenvalue weighted by Gasteiger charge is -2.12. The van der Waals surface area contributed by atoms with E-state index in [-0.39, 0.29) is 17.6 Å². The maximum Gasteiger partial charge on any atom is 0.178 e. The predicted octanol–water partition coefficient (Wildman–Crippen LogP) is 2.32. The summed E-state index contributed by atoms with van der Waals surface area (Å²) >= 11 is 1.52. The lowest BCUT2D eigenvalue weighted by Crippen LogP contribution is -2.15. The molecule has 1 atom stereocenters. The molecule has 2 aromatic heterocycles. The van der Waals surface area contributed by atoms with Crippen LogP contribution in [0.3, 0.4) is 0 Å². The van der Waals surface area contributed by atoms with E-state index in [0.717, 1.165) is 11.1 Å². The smallest absolute Gasteiger partial charge is 0.178 e. The molecule has 2 aromatic rings. The zero-order valence-corrected chi connectivity index (χ0v) is 11.0. The van der Waals surface area contributed by atoms with Crippen LogP contribution in [0.2, 0.25) is 0 Å². The second-order valence-electron chi connectivity index (χ2n) is 3.95. The summed E-state index contributed by atoms with van der Waals surface area (Å²) in [6.07, 6.45) is 1.71. The van der Waals surface area contributed by atoms with Gasteiger partial charge in [-0.05, 0) is 0 Å². The van der Waals surface area contributed by atoms with Crippen LogP contribution in [-0.2, 0) is 0 Å². The average molecular weight is 285 g/mol. The molecule has 2 rings (SSSR count). The number of hydrogen-bond acceptors (Lipinski definition) is 6. The fourth-order valence-electron chi connectivity index (χ4n) is 1.51. The Hall–Kier alpha value is -1.80. The van der Waals surface area contributed by atoms with Gasteiger partial charge in [-0.3, -0.25) is 0 Å². The summed E-state index contributed by atoms with van der Waals surface area (Å²) in [6.45, 7) is 2.39. The highest BCUT2D eigenvalue weighted by atomic mass is 32.1. The first-order valence-electron chi connectivity index (χ1n) is 5.57. The van der Waals surface area contributed by atoms with E-state index in [4.69, 9.17) is 5.84 Å². The molecule has 4 N–H and O–H groups in total. The molecule has 0 spiro atoms. The number of aromatic nitrogens is 2. The summed E-state index contributed by atoms with van der Waals surface area (Å²) in [6, 6.07) is 0.735. The van der Waals surface area contributed by atoms with E-state index in [9.17, 15) is 8.78 Å². The quantitative estimate of drug-likeness (QED) is 0.580. The van der Waals surface area contributed by atoms with Crippen molar-refractivity contribution in [3.05, 3.63) is 34.3 Å². The number of nitrogen functional groups attached to an aromatic ring is 1. The molecule has 0 saturated carbocycles. The molecule has 0 saturated heterocycles. The van der Waals surface area contributed by atoms with Gasteiger partial charge in [-0.2, -0.15) is 0 Å². The van der Waals surface area contributed by atoms with E-state index in [0.29, 0.717) is 6.54 Å². The third-order valence-corrected chi connectivity index (χ3v) is 3.52. The molecule has 0 aromatic carbocycles. The largest absolute Gasteiger partial charge is 0.367 e. The fourth-order valence-corrected chi connectivity index (χ4v) is 2.21. The molecule has 2 heterocycles. The number of pyridine rings is 1. The zero-order valence-electron chi connectivity index (χ0n) is 10.2. The minimum Gasteiger partial charge on any atom is -0.367 e. The number of anilines is 2. The summed E-state index contributed by atoms with van der Waals surface area (Å²) in [5, 5.41) is 5.63. The standard InChI is InChI=1S/C11H13F2N5S/c1-6(11-15-2-3-19-11)5-16-9-7(12)4-8(13)10(17-9)18-14/h2-4,6H,5,14H2,1H3,(H2,16,17,18). The van der Waals surface area contributed by atoms with Crippen molar-refractivity contribution in [1.82, 2.24) is 9.97 Å². The second-order valence-corrected chi connectivity index (χ2v) is 4.87. The molecule has 0 aliphatic carbocycles. The Morgan fingerprint density at radius 3 is 2.74 bits per heavy atom. The maximum absolute atomic E-state index is 13.5. The van der Waals surface area contributed by atoms with Gasteiger partial charge in [-0.25, -0.2) is 24.6 Å². The highest BCUT2D eigenvalue weighted by Crippen LogP contribution is 2.21. The monoisotopic (exact) mass is 285 g/mol. The number of hydrogen-bond donors (Lipinski definition) is 3. The number of hydrazine groups is 1. The minimum absolute atomic E-state index is 0.0437. The van der Waals surface area contributed by atoms with Gasteiger partial charge in [0.15, 0.2) is 23.3 Å². The van der Waals surface area contributed by atoms with Crippen LogP contribution < -0.4 is 16.6 Å². The molecule has 0 bridgehead atoms. The lowest BCUT2D eigenvalue weighted by atomic mass is 10.2. The van der Waals surface area contributed by atoms with Gasteiger partial charge in [0, 0.05) is 30.1 Å². The first-order valence-corrected chi connectivity index (χ1v) is 6.45. The van der Waals surface area contributed by atoms with E-state index < -0.39 is 11.6 Å².